The fourth-order valence-corrected chi connectivity index (χ4v) is 4.26. The lowest BCUT2D eigenvalue weighted by Crippen LogP contribution is -2.46. The van der Waals surface area contributed by atoms with Crippen LogP contribution in [0.25, 0.3) is 0 Å². The van der Waals surface area contributed by atoms with Gasteiger partial charge in [-0.05, 0) is 30.2 Å². The number of benzene rings is 3. The maximum atomic E-state index is 13.1. The van der Waals surface area contributed by atoms with E-state index in [0.717, 1.165) is 25.3 Å². The molecule has 1 unspecified atom stereocenters. The minimum Gasteiger partial charge on any atom is -0.344 e. The quantitative estimate of drug-likeness (QED) is 0.586. The van der Waals surface area contributed by atoms with Crippen molar-refractivity contribution in [2.75, 3.05) is 24.9 Å². The highest BCUT2D eigenvalue weighted by Crippen LogP contribution is 2.23. The number of hydrogen-bond acceptors (Lipinski definition) is 3. The highest BCUT2D eigenvalue weighted by atomic mass is 32.2. The van der Waals surface area contributed by atoms with Gasteiger partial charge in [0, 0.05) is 14.1 Å². The van der Waals surface area contributed by atoms with E-state index in [1.54, 1.807) is 30.3 Å². The van der Waals surface area contributed by atoms with Crippen molar-refractivity contribution in [2.24, 2.45) is 0 Å². The molecular weight excluding hydrogens is 410 g/mol. The molecule has 0 aromatic heterocycles. The predicted molar refractivity (Wildman–Crippen MR) is 124 cm³/mol. The Morgan fingerprint density at radius 2 is 1.35 bits per heavy atom. The van der Waals surface area contributed by atoms with Crippen LogP contribution < -0.4 is 9.62 Å². The zero-order chi connectivity index (χ0) is 22.4. The summed E-state index contributed by atoms with van der Waals surface area (Å²) in [4.78, 5) is 13.1. The predicted octanol–water partition coefficient (Wildman–Crippen LogP) is 3.51. The molecule has 162 valence electrons. The van der Waals surface area contributed by atoms with Crippen LogP contribution in [0.5, 0.6) is 0 Å². The third-order valence-electron chi connectivity index (χ3n) is 4.92. The molecule has 1 amide bonds. The molecule has 0 fully saturated rings. The van der Waals surface area contributed by atoms with Crippen LogP contribution in [0.2, 0.25) is 0 Å². The van der Waals surface area contributed by atoms with E-state index in [1.807, 2.05) is 61.5 Å². The molecule has 0 radical (unpaired) electrons. The average Bonchev–Trinajstić information content (AvgIpc) is 2.77. The summed E-state index contributed by atoms with van der Waals surface area (Å²) in [5, 5.41) is 3.02. The van der Waals surface area contributed by atoms with Crippen LogP contribution >= 0.6 is 0 Å². The largest absolute Gasteiger partial charge is 0.344 e. The summed E-state index contributed by atoms with van der Waals surface area (Å²) < 4.78 is 28.0. The Morgan fingerprint density at radius 1 is 0.839 bits per heavy atom. The van der Waals surface area contributed by atoms with Crippen molar-refractivity contribution in [1.29, 1.82) is 0 Å². The number of para-hydroxylation sites is 1. The first-order valence-corrected chi connectivity index (χ1v) is 11.3. The van der Waals surface area contributed by atoms with Crippen molar-refractivity contribution in [2.45, 2.75) is 13.0 Å². The number of carbonyl (C=O) groups is 1. The summed E-state index contributed by atoms with van der Waals surface area (Å²) in [6.45, 7) is 1.67. The second kappa shape index (κ2) is 9.76. The van der Waals surface area contributed by atoms with E-state index in [4.69, 9.17) is 0 Å². The van der Waals surface area contributed by atoms with Gasteiger partial charge >= 0.3 is 10.2 Å². The van der Waals surface area contributed by atoms with Gasteiger partial charge in [-0.25, -0.2) is 4.31 Å². The number of nitrogens with zero attached hydrogens (tertiary/aromatic N) is 2. The molecule has 3 rings (SSSR count). The first-order valence-electron chi connectivity index (χ1n) is 9.95. The SMILES string of the molecule is Cc1ccc(C(NC(=O)CN(c2ccccc2)S(=O)(=O)N(C)C)c2ccccc2)cc1. The molecule has 1 N–H and O–H groups in total. The number of rotatable bonds is 8. The summed E-state index contributed by atoms with van der Waals surface area (Å²) in [6, 6.07) is 25.8. The molecule has 0 saturated heterocycles. The lowest BCUT2D eigenvalue weighted by molar-refractivity contribution is -0.120. The van der Waals surface area contributed by atoms with Crippen molar-refractivity contribution >= 4 is 21.8 Å². The van der Waals surface area contributed by atoms with Gasteiger partial charge in [0.15, 0.2) is 0 Å². The fourth-order valence-electron chi connectivity index (χ4n) is 3.20. The standard InChI is InChI=1S/C24H27N3O3S/c1-19-14-16-21(17-15-19)24(20-10-6-4-7-11-20)25-23(28)18-27(31(29,30)26(2)3)22-12-8-5-9-13-22/h4-17,24H,18H2,1-3H3,(H,25,28). The Hall–Kier alpha value is -3.16. The second-order valence-electron chi connectivity index (χ2n) is 7.45. The minimum absolute atomic E-state index is 0.334. The van der Waals surface area contributed by atoms with E-state index >= 15 is 0 Å². The van der Waals surface area contributed by atoms with Gasteiger partial charge in [-0.2, -0.15) is 12.7 Å². The molecule has 0 heterocycles. The van der Waals surface area contributed by atoms with Gasteiger partial charge < -0.3 is 5.32 Å². The Labute approximate surface area is 184 Å². The molecule has 0 aliphatic heterocycles. The van der Waals surface area contributed by atoms with E-state index < -0.39 is 22.2 Å². The van der Waals surface area contributed by atoms with Crippen molar-refractivity contribution in [1.82, 2.24) is 9.62 Å². The summed E-state index contributed by atoms with van der Waals surface area (Å²) in [5.74, 6) is -0.399. The maximum Gasteiger partial charge on any atom is 0.304 e. The number of aryl methyl sites for hydroxylation is 1. The molecule has 3 aromatic carbocycles. The molecule has 0 saturated carbocycles. The van der Waals surface area contributed by atoms with Gasteiger partial charge in [-0.3, -0.25) is 4.79 Å². The summed E-state index contributed by atoms with van der Waals surface area (Å²) in [7, 11) is -0.959. The molecule has 6 nitrogen and oxygen atoms in total. The maximum absolute atomic E-state index is 13.1. The van der Waals surface area contributed by atoms with Gasteiger partial charge in [0.2, 0.25) is 5.91 Å². The molecule has 31 heavy (non-hydrogen) atoms. The van der Waals surface area contributed by atoms with E-state index in [-0.39, 0.29) is 6.54 Å². The van der Waals surface area contributed by atoms with Crippen LogP contribution in [-0.4, -0.2) is 39.3 Å². The molecule has 0 spiro atoms. The van der Waals surface area contributed by atoms with Gasteiger partial charge in [0.05, 0.1) is 11.7 Å². The number of anilines is 1. The van der Waals surface area contributed by atoms with Crippen LogP contribution in [0.15, 0.2) is 84.9 Å². The van der Waals surface area contributed by atoms with E-state index in [0.29, 0.717) is 5.69 Å². The van der Waals surface area contributed by atoms with Crippen molar-refractivity contribution < 1.29 is 13.2 Å². The van der Waals surface area contributed by atoms with Crippen LogP contribution in [0.3, 0.4) is 0 Å². The molecule has 7 heteroatoms. The van der Waals surface area contributed by atoms with Crippen molar-refractivity contribution in [3.63, 3.8) is 0 Å². The highest BCUT2D eigenvalue weighted by molar-refractivity contribution is 7.90. The number of nitrogens with one attached hydrogen (secondary N) is 1. The van der Waals surface area contributed by atoms with Gasteiger partial charge in [-0.1, -0.05) is 78.4 Å². The van der Waals surface area contributed by atoms with Crippen LogP contribution in [0, 0.1) is 6.92 Å². The molecule has 3 aromatic rings. The van der Waals surface area contributed by atoms with Crippen LogP contribution in [0.1, 0.15) is 22.7 Å². The summed E-state index contributed by atoms with van der Waals surface area (Å²) >= 11 is 0. The van der Waals surface area contributed by atoms with E-state index in [2.05, 4.69) is 5.32 Å². The lowest BCUT2D eigenvalue weighted by Gasteiger charge is -2.28. The molecule has 0 bridgehead atoms. The number of amides is 1. The summed E-state index contributed by atoms with van der Waals surface area (Å²) in [5.41, 5.74) is 3.39. The van der Waals surface area contributed by atoms with E-state index in [9.17, 15) is 13.2 Å². The fraction of sp³-hybridized carbons (Fsp3) is 0.208. The zero-order valence-corrected chi connectivity index (χ0v) is 18.7. The Morgan fingerprint density at radius 3 is 1.90 bits per heavy atom. The van der Waals surface area contributed by atoms with E-state index in [1.165, 1.54) is 14.1 Å². The van der Waals surface area contributed by atoms with Gasteiger partial charge in [0.1, 0.15) is 6.54 Å². The average molecular weight is 438 g/mol. The Bertz CT molecular complexity index is 1100. The number of carbonyl (C=O) groups excluding carboxylic acids is 1. The van der Waals surface area contributed by atoms with Crippen molar-refractivity contribution in [3.8, 4) is 0 Å². The first-order chi connectivity index (χ1) is 14.8. The van der Waals surface area contributed by atoms with Crippen LogP contribution in [-0.2, 0) is 15.0 Å². The van der Waals surface area contributed by atoms with Crippen molar-refractivity contribution in [3.05, 3.63) is 102 Å². The lowest BCUT2D eigenvalue weighted by atomic mass is 9.98. The molecule has 1 atom stereocenters. The minimum atomic E-state index is -3.85. The first kappa shape index (κ1) is 22.5. The second-order valence-corrected chi connectivity index (χ2v) is 9.52. The van der Waals surface area contributed by atoms with Gasteiger partial charge in [-0.15, -0.1) is 0 Å². The number of hydrogen-bond donors (Lipinski definition) is 1. The molecular formula is C24H27N3O3S. The monoisotopic (exact) mass is 437 g/mol. The third-order valence-corrected chi connectivity index (χ3v) is 6.74. The van der Waals surface area contributed by atoms with Gasteiger partial charge in [0.25, 0.3) is 0 Å². The zero-order valence-electron chi connectivity index (χ0n) is 17.9. The molecule has 0 aliphatic rings. The molecule has 0 aliphatic carbocycles. The Balaban J connectivity index is 1.90. The smallest absolute Gasteiger partial charge is 0.304 e. The van der Waals surface area contributed by atoms with Crippen LogP contribution in [0.4, 0.5) is 5.69 Å². The third kappa shape index (κ3) is 5.51. The normalized spacial score (nSPS) is 12.4. The Kier molecular flexibility index (Phi) is 7.09. The topological polar surface area (TPSA) is 69.7 Å². The summed E-state index contributed by atoms with van der Waals surface area (Å²) in [6.07, 6.45) is 0. The highest BCUT2D eigenvalue weighted by Gasteiger charge is 2.28.